The zero-order chi connectivity index (χ0) is 17.1. The van der Waals surface area contributed by atoms with Gasteiger partial charge in [0.05, 0.1) is 11.0 Å². The summed E-state index contributed by atoms with van der Waals surface area (Å²) in [7, 11) is 3.91. The van der Waals surface area contributed by atoms with Gasteiger partial charge in [0.15, 0.2) is 0 Å². The number of carbonyl (C=O) groups is 1. The number of rotatable bonds is 5. The SMILES string of the molecule is CCCn1c(NC(=O)c2cccc(N(C)C)c2)nc2ccccc21. The van der Waals surface area contributed by atoms with E-state index in [0.29, 0.717) is 11.5 Å². The molecule has 3 rings (SSSR count). The third kappa shape index (κ3) is 3.11. The zero-order valence-electron chi connectivity index (χ0n) is 14.3. The van der Waals surface area contributed by atoms with Crippen molar-refractivity contribution in [2.24, 2.45) is 0 Å². The van der Waals surface area contributed by atoms with Gasteiger partial charge in [0, 0.05) is 31.9 Å². The Morgan fingerprint density at radius 3 is 2.71 bits per heavy atom. The number of hydrogen-bond acceptors (Lipinski definition) is 3. The summed E-state index contributed by atoms with van der Waals surface area (Å²) in [5.74, 6) is 0.449. The highest BCUT2D eigenvalue weighted by Gasteiger charge is 2.14. The Kier molecular flexibility index (Phi) is 4.51. The average molecular weight is 322 g/mol. The van der Waals surface area contributed by atoms with Gasteiger partial charge in [0.25, 0.3) is 5.91 Å². The Labute approximate surface area is 141 Å². The Hall–Kier alpha value is -2.82. The lowest BCUT2D eigenvalue weighted by Crippen LogP contribution is -2.17. The highest BCUT2D eigenvalue weighted by Crippen LogP contribution is 2.21. The van der Waals surface area contributed by atoms with Crippen LogP contribution in [0.15, 0.2) is 48.5 Å². The van der Waals surface area contributed by atoms with Crippen LogP contribution in [0.2, 0.25) is 0 Å². The Morgan fingerprint density at radius 1 is 1.17 bits per heavy atom. The number of aromatic nitrogens is 2. The van der Waals surface area contributed by atoms with Gasteiger partial charge in [0.1, 0.15) is 0 Å². The van der Waals surface area contributed by atoms with Crippen LogP contribution < -0.4 is 10.2 Å². The van der Waals surface area contributed by atoms with Crippen LogP contribution in [0.1, 0.15) is 23.7 Å². The second-order valence-corrected chi connectivity index (χ2v) is 5.97. The number of fused-ring (bicyclic) bond motifs is 1. The van der Waals surface area contributed by atoms with Crippen LogP contribution in [0.3, 0.4) is 0 Å². The summed E-state index contributed by atoms with van der Waals surface area (Å²) in [4.78, 5) is 19.2. The molecule has 1 heterocycles. The topological polar surface area (TPSA) is 50.2 Å². The molecule has 1 N–H and O–H groups in total. The second-order valence-electron chi connectivity index (χ2n) is 5.97. The first-order chi connectivity index (χ1) is 11.6. The number of nitrogens with one attached hydrogen (secondary N) is 1. The lowest BCUT2D eigenvalue weighted by Gasteiger charge is -2.14. The minimum absolute atomic E-state index is 0.147. The number of nitrogens with zero attached hydrogens (tertiary/aromatic N) is 3. The van der Waals surface area contributed by atoms with Crippen LogP contribution in [0.25, 0.3) is 11.0 Å². The molecule has 1 amide bonds. The molecule has 2 aromatic carbocycles. The Bertz CT molecular complexity index is 867. The Balaban J connectivity index is 1.93. The van der Waals surface area contributed by atoms with Gasteiger partial charge in [-0.1, -0.05) is 25.1 Å². The molecule has 124 valence electrons. The van der Waals surface area contributed by atoms with Gasteiger partial charge < -0.3 is 9.47 Å². The number of hydrogen-bond donors (Lipinski definition) is 1. The lowest BCUT2D eigenvalue weighted by molar-refractivity contribution is 0.102. The maximum Gasteiger partial charge on any atom is 0.258 e. The summed E-state index contributed by atoms with van der Waals surface area (Å²) in [5.41, 5.74) is 3.54. The first kappa shape index (κ1) is 16.1. The third-order valence-electron chi connectivity index (χ3n) is 3.95. The van der Waals surface area contributed by atoms with Crippen LogP contribution in [0.5, 0.6) is 0 Å². The molecule has 0 saturated carbocycles. The van der Waals surface area contributed by atoms with Crippen molar-refractivity contribution in [3.05, 3.63) is 54.1 Å². The van der Waals surface area contributed by atoms with Crippen molar-refractivity contribution in [1.82, 2.24) is 9.55 Å². The summed E-state index contributed by atoms with van der Waals surface area (Å²) in [6.45, 7) is 2.93. The fourth-order valence-electron chi connectivity index (χ4n) is 2.72. The number of benzene rings is 2. The van der Waals surface area contributed by atoms with Gasteiger partial charge in [-0.3, -0.25) is 10.1 Å². The molecule has 0 aliphatic heterocycles. The van der Waals surface area contributed by atoms with Crippen LogP contribution in [-0.2, 0) is 6.54 Å². The molecule has 5 heteroatoms. The standard InChI is InChI=1S/C19H22N4O/c1-4-12-23-17-11-6-5-10-16(17)20-19(23)21-18(24)14-8-7-9-15(13-14)22(2)3/h5-11,13H,4,12H2,1-3H3,(H,20,21,24). The first-order valence-corrected chi connectivity index (χ1v) is 8.14. The predicted molar refractivity (Wildman–Crippen MR) is 98.7 cm³/mol. The summed E-state index contributed by atoms with van der Waals surface area (Å²) in [6.07, 6.45) is 0.972. The van der Waals surface area contributed by atoms with Crippen LogP contribution in [-0.4, -0.2) is 29.6 Å². The summed E-state index contributed by atoms with van der Waals surface area (Å²) in [5, 5.41) is 2.96. The van der Waals surface area contributed by atoms with E-state index in [9.17, 15) is 4.79 Å². The van der Waals surface area contributed by atoms with E-state index in [2.05, 4.69) is 21.8 Å². The van der Waals surface area contributed by atoms with E-state index in [1.165, 1.54) is 0 Å². The van der Waals surface area contributed by atoms with Crippen molar-refractivity contribution < 1.29 is 4.79 Å². The number of aryl methyl sites for hydroxylation is 1. The first-order valence-electron chi connectivity index (χ1n) is 8.14. The van der Waals surface area contributed by atoms with E-state index in [4.69, 9.17) is 0 Å². The van der Waals surface area contributed by atoms with Crippen molar-refractivity contribution in [3.63, 3.8) is 0 Å². The molecule has 0 atom stereocenters. The molecule has 24 heavy (non-hydrogen) atoms. The summed E-state index contributed by atoms with van der Waals surface area (Å²) in [6, 6.07) is 15.5. The maximum atomic E-state index is 12.6. The fourth-order valence-corrected chi connectivity index (χ4v) is 2.72. The van der Waals surface area contributed by atoms with Crippen molar-refractivity contribution >= 4 is 28.6 Å². The predicted octanol–water partition coefficient (Wildman–Crippen LogP) is 3.76. The third-order valence-corrected chi connectivity index (χ3v) is 3.95. The van der Waals surface area contributed by atoms with E-state index in [1.807, 2.05) is 67.5 Å². The molecular weight excluding hydrogens is 300 g/mol. The van der Waals surface area contributed by atoms with Crippen molar-refractivity contribution in [1.29, 1.82) is 0 Å². The number of para-hydroxylation sites is 2. The largest absolute Gasteiger partial charge is 0.378 e. The Morgan fingerprint density at radius 2 is 1.96 bits per heavy atom. The van der Waals surface area contributed by atoms with Gasteiger partial charge in [0.2, 0.25) is 5.95 Å². The van der Waals surface area contributed by atoms with Gasteiger partial charge in [-0.25, -0.2) is 4.98 Å². The van der Waals surface area contributed by atoms with E-state index >= 15 is 0 Å². The fraction of sp³-hybridized carbons (Fsp3) is 0.263. The van der Waals surface area contributed by atoms with E-state index in [1.54, 1.807) is 0 Å². The molecule has 0 radical (unpaired) electrons. The monoisotopic (exact) mass is 322 g/mol. The molecule has 0 saturated heterocycles. The van der Waals surface area contributed by atoms with Crippen LogP contribution in [0, 0.1) is 0 Å². The number of amides is 1. The second kappa shape index (κ2) is 6.74. The lowest BCUT2D eigenvalue weighted by atomic mass is 10.2. The van der Waals surface area contributed by atoms with Crippen LogP contribution >= 0.6 is 0 Å². The summed E-state index contributed by atoms with van der Waals surface area (Å²) < 4.78 is 2.06. The zero-order valence-corrected chi connectivity index (χ0v) is 14.3. The summed E-state index contributed by atoms with van der Waals surface area (Å²) >= 11 is 0. The van der Waals surface area contributed by atoms with E-state index < -0.39 is 0 Å². The molecular formula is C19H22N4O. The normalized spacial score (nSPS) is 10.8. The van der Waals surface area contributed by atoms with Crippen molar-refractivity contribution in [2.75, 3.05) is 24.3 Å². The van der Waals surface area contributed by atoms with Crippen molar-refractivity contribution in [3.8, 4) is 0 Å². The highest BCUT2D eigenvalue weighted by atomic mass is 16.1. The quantitative estimate of drug-likeness (QED) is 0.778. The minimum atomic E-state index is -0.147. The molecule has 5 nitrogen and oxygen atoms in total. The minimum Gasteiger partial charge on any atom is -0.378 e. The molecule has 0 aliphatic carbocycles. The maximum absolute atomic E-state index is 12.6. The number of anilines is 2. The van der Waals surface area contributed by atoms with Gasteiger partial charge in [-0.2, -0.15) is 0 Å². The van der Waals surface area contributed by atoms with E-state index in [0.717, 1.165) is 29.7 Å². The number of carbonyl (C=O) groups excluding carboxylic acids is 1. The smallest absolute Gasteiger partial charge is 0.258 e. The average Bonchev–Trinajstić information content (AvgIpc) is 2.93. The molecule has 0 fully saturated rings. The number of imidazole rings is 1. The molecule has 0 unspecified atom stereocenters. The van der Waals surface area contributed by atoms with Gasteiger partial charge in [-0.05, 0) is 36.8 Å². The molecule has 3 aromatic rings. The molecule has 0 aliphatic rings. The molecule has 1 aromatic heterocycles. The van der Waals surface area contributed by atoms with Gasteiger partial charge in [-0.15, -0.1) is 0 Å². The van der Waals surface area contributed by atoms with Crippen LogP contribution in [0.4, 0.5) is 11.6 Å². The van der Waals surface area contributed by atoms with E-state index in [-0.39, 0.29) is 5.91 Å². The van der Waals surface area contributed by atoms with Crippen molar-refractivity contribution in [2.45, 2.75) is 19.9 Å². The molecule has 0 bridgehead atoms. The van der Waals surface area contributed by atoms with Gasteiger partial charge >= 0.3 is 0 Å². The highest BCUT2D eigenvalue weighted by molar-refractivity contribution is 6.04. The molecule has 0 spiro atoms.